The standard InChI is InChI=1S/C14H20N4O3S/c1-4-22(20,21)10-11(2)16-13(19)12-9-15-17(3)14(12)18-7-5-6-8-18/h5-9,11H,4,10H2,1-3H3,(H,16,19)/t11-/m1/s1. The minimum Gasteiger partial charge on any atom is -0.348 e. The van der Waals surface area contributed by atoms with Crippen LogP contribution in [0.25, 0.3) is 5.82 Å². The Labute approximate surface area is 129 Å². The number of carbonyl (C=O) groups excluding carboxylic acids is 1. The average Bonchev–Trinajstić information content (AvgIpc) is 3.06. The van der Waals surface area contributed by atoms with Gasteiger partial charge in [-0.05, 0) is 19.1 Å². The highest BCUT2D eigenvalue weighted by Crippen LogP contribution is 2.14. The second kappa shape index (κ2) is 6.35. The number of hydrogen-bond acceptors (Lipinski definition) is 4. The molecule has 0 saturated heterocycles. The lowest BCUT2D eigenvalue weighted by Gasteiger charge is -2.14. The zero-order valence-electron chi connectivity index (χ0n) is 12.9. The molecule has 8 heteroatoms. The summed E-state index contributed by atoms with van der Waals surface area (Å²) in [5.74, 6) is 0.284. The number of aryl methyl sites for hydroxylation is 1. The quantitative estimate of drug-likeness (QED) is 0.850. The van der Waals surface area contributed by atoms with Crippen LogP contribution in [0.5, 0.6) is 0 Å². The highest BCUT2D eigenvalue weighted by molar-refractivity contribution is 7.91. The molecule has 2 aromatic rings. The van der Waals surface area contributed by atoms with Crippen LogP contribution in [-0.4, -0.2) is 46.2 Å². The highest BCUT2D eigenvalue weighted by Gasteiger charge is 2.21. The van der Waals surface area contributed by atoms with Crippen molar-refractivity contribution in [2.75, 3.05) is 11.5 Å². The normalized spacial score (nSPS) is 13.0. The number of sulfone groups is 1. The third kappa shape index (κ3) is 3.56. The molecule has 2 heterocycles. The molecule has 0 aromatic carbocycles. The van der Waals surface area contributed by atoms with Crippen LogP contribution < -0.4 is 5.32 Å². The smallest absolute Gasteiger partial charge is 0.256 e. The second-order valence-corrected chi connectivity index (χ2v) is 7.57. The maximum Gasteiger partial charge on any atom is 0.256 e. The van der Waals surface area contributed by atoms with E-state index in [0.29, 0.717) is 11.4 Å². The van der Waals surface area contributed by atoms with Gasteiger partial charge in [0.15, 0.2) is 9.84 Å². The van der Waals surface area contributed by atoms with Crippen molar-refractivity contribution in [2.24, 2.45) is 7.05 Å². The molecule has 0 radical (unpaired) electrons. The second-order valence-electron chi connectivity index (χ2n) is 5.17. The molecule has 1 N–H and O–H groups in total. The lowest BCUT2D eigenvalue weighted by molar-refractivity contribution is 0.0943. The molecule has 0 aliphatic rings. The Bertz CT molecular complexity index is 747. The molecule has 0 saturated carbocycles. The fraction of sp³-hybridized carbons (Fsp3) is 0.429. The van der Waals surface area contributed by atoms with Crippen LogP contribution >= 0.6 is 0 Å². The van der Waals surface area contributed by atoms with Crippen LogP contribution in [0.3, 0.4) is 0 Å². The molecule has 1 atom stereocenters. The number of amides is 1. The first-order chi connectivity index (χ1) is 10.3. The van der Waals surface area contributed by atoms with Gasteiger partial charge in [0.25, 0.3) is 5.91 Å². The van der Waals surface area contributed by atoms with E-state index in [2.05, 4.69) is 10.4 Å². The first-order valence-electron chi connectivity index (χ1n) is 7.00. The Morgan fingerprint density at radius 2 is 2.00 bits per heavy atom. The summed E-state index contributed by atoms with van der Waals surface area (Å²) in [5.41, 5.74) is 0.402. The van der Waals surface area contributed by atoms with Gasteiger partial charge in [-0.15, -0.1) is 0 Å². The molecule has 0 spiro atoms. The van der Waals surface area contributed by atoms with Gasteiger partial charge in [0.2, 0.25) is 0 Å². The van der Waals surface area contributed by atoms with Gasteiger partial charge in [-0.3, -0.25) is 9.48 Å². The number of rotatable bonds is 6. The van der Waals surface area contributed by atoms with Crippen LogP contribution in [0.4, 0.5) is 0 Å². The largest absolute Gasteiger partial charge is 0.348 e. The molecular weight excluding hydrogens is 304 g/mol. The van der Waals surface area contributed by atoms with E-state index in [-0.39, 0.29) is 17.4 Å². The molecule has 0 fully saturated rings. The third-order valence-corrected chi connectivity index (χ3v) is 5.21. The van der Waals surface area contributed by atoms with Crippen molar-refractivity contribution in [3.8, 4) is 5.82 Å². The molecule has 0 aliphatic heterocycles. The van der Waals surface area contributed by atoms with Crippen LogP contribution in [0.15, 0.2) is 30.7 Å². The van der Waals surface area contributed by atoms with Crippen molar-refractivity contribution in [3.05, 3.63) is 36.3 Å². The summed E-state index contributed by atoms with van der Waals surface area (Å²) < 4.78 is 26.6. The van der Waals surface area contributed by atoms with Crippen LogP contribution in [0, 0.1) is 0 Å². The molecule has 0 aliphatic carbocycles. The van der Waals surface area contributed by atoms with Gasteiger partial charge in [-0.2, -0.15) is 5.10 Å². The van der Waals surface area contributed by atoms with Crippen molar-refractivity contribution < 1.29 is 13.2 Å². The summed E-state index contributed by atoms with van der Waals surface area (Å²) in [6.45, 7) is 3.27. The monoisotopic (exact) mass is 324 g/mol. The van der Waals surface area contributed by atoms with Gasteiger partial charge >= 0.3 is 0 Å². The summed E-state index contributed by atoms with van der Waals surface area (Å²) in [6, 6.07) is 3.24. The van der Waals surface area contributed by atoms with Gasteiger partial charge in [-0.1, -0.05) is 6.92 Å². The Morgan fingerprint density at radius 1 is 1.36 bits per heavy atom. The number of carbonyl (C=O) groups is 1. The van der Waals surface area contributed by atoms with E-state index in [4.69, 9.17) is 0 Å². The molecule has 2 aromatic heterocycles. The molecule has 0 unspecified atom stereocenters. The predicted octanol–water partition coefficient (Wildman–Crippen LogP) is 0.764. The summed E-state index contributed by atoms with van der Waals surface area (Å²) in [7, 11) is -1.39. The van der Waals surface area contributed by atoms with Crippen molar-refractivity contribution in [1.82, 2.24) is 19.7 Å². The fourth-order valence-corrected chi connectivity index (χ4v) is 3.30. The SMILES string of the molecule is CCS(=O)(=O)C[C@@H](C)NC(=O)c1cnn(C)c1-n1cccc1. The maximum absolute atomic E-state index is 12.4. The van der Waals surface area contributed by atoms with E-state index >= 15 is 0 Å². The Kier molecular flexibility index (Phi) is 4.70. The topological polar surface area (TPSA) is 86.0 Å². The molecule has 120 valence electrons. The van der Waals surface area contributed by atoms with Gasteiger partial charge in [0.05, 0.1) is 11.9 Å². The zero-order chi connectivity index (χ0) is 16.3. The molecule has 1 amide bonds. The highest BCUT2D eigenvalue weighted by atomic mass is 32.2. The average molecular weight is 324 g/mol. The maximum atomic E-state index is 12.4. The van der Waals surface area contributed by atoms with Crippen molar-refractivity contribution >= 4 is 15.7 Å². The summed E-state index contributed by atoms with van der Waals surface area (Å²) in [5, 5.41) is 6.83. The summed E-state index contributed by atoms with van der Waals surface area (Å²) in [6.07, 6.45) is 5.11. The van der Waals surface area contributed by atoms with Crippen LogP contribution in [0.1, 0.15) is 24.2 Å². The molecule has 0 bridgehead atoms. The van der Waals surface area contributed by atoms with E-state index < -0.39 is 15.9 Å². The summed E-state index contributed by atoms with van der Waals surface area (Å²) in [4.78, 5) is 12.4. The number of nitrogens with one attached hydrogen (secondary N) is 1. The lowest BCUT2D eigenvalue weighted by atomic mass is 10.2. The molecule has 7 nitrogen and oxygen atoms in total. The van der Waals surface area contributed by atoms with Gasteiger partial charge in [-0.25, -0.2) is 8.42 Å². The Balaban J connectivity index is 2.18. The van der Waals surface area contributed by atoms with E-state index in [0.717, 1.165) is 0 Å². The van der Waals surface area contributed by atoms with E-state index in [1.807, 2.05) is 24.5 Å². The predicted molar refractivity (Wildman–Crippen MR) is 83.8 cm³/mol. The van der Waals surface area contributed by atoms with Crippen molar-refractivity contribution in [3.63, 3.8) is 0 Å². The van der Waals surface area contributed by atoms with E-state index in [9.17, 15) is 13.2 Å². The van der Waals surface area contributed by atoms with Crippen LogP contribution in [-0.2, 0) is 16.9 Å². The minimum atomic E-state index is -3.14. The molecule has 2 rings (SSSR count). The molecular formula is C14H20N4O3S. The number of nitrogens with zero attached hydrogens (tertiary/aromatic N) is 3. The Hall–Kier alpha value is -2.09. The van der Waals surface area contributed by atoms with Gasteiger partial charge in [0, 0.05) is 31.2 Å². The minimum absolute atomic E-state index is 0.0642. The first kappa shape index (κ1) is 16.3. The molecule has 22 heavy (non-hydrogen) atoms. The van der Waals surface area contributed by atoms with Gasteiger partial charge < -0.3 is 9.88 Å². The lowest BCUT2D eigenvalue weighted by Crippen LogP contribution is -2.38. The summed E-state index contributed by atoms with van der Waals surface area (Å²) >= 11 is 0. The zero-order valence-corrected chi connectivity index (χ0v) is 13.7. The van der Waals surface area contributed by atoms with Crippen LogP contribution in [0.2, 0.25) is 0 Å². The van der Waals surface area contributed by atoms with Crippen molar-refractivity contribution in [2.45, 2.75) is 19.9 Å². The fourth-order valence-electron chi connectivity index (χ4n) is 2.22. The van der Waals surface area contributed by atoms with Crippen molar-refractivity contribution in [1.29, 1.82) is 0 Å². The third-order valence-electron chi connectivity index (χ3n) is 3.32. The van der Waals surface area contributed by atoms with Gasteiger partial charge in [0.1, 0.15) is 11.4 Å². The Morgan fingerprint density at radius 3 is 2.59 bits per heavy atom. The number of hydrogen-bond donors (Lipinski definition) is 1. The van der Waals surface area contributed by atoms with E-state index in [1.54, 1.807) is 30.1 Å². The van der Waals surface area contributed by atoms with E-state index in [1.165, 1.54) is 6.20 Å². The first-order valence-corrected chi connectivity index (χ1v) is 8.83. The number of aromatic nitrogens is 3.